The third-order valence-electron chi connectivity index (χ3n) is 2.50. The minimum atomic E-state index is 0.809. The fourth-order valence-corrected chi connectivity index (χ4v) is 2.17. The first kappa shape index (κ1) is 12.6. The van der Waals surface area contributed by atoms with Crippen LogP contribution < -0.4 is 10.2 Å². The van der Waals surface area contributed by atoms with Crippen LogP contribution in [0.15, 0.2) is 29.4 Å². The van der Waals surface area contributed by atoms with Gasteiger partial charge in [0.1, 0.15) is 5.75 Å². The summed E-state index contributed by atoms with van der Waals surface area (Å²) in [6, 6.07) is 7.71. The third kappa shape index (κ3) is 3.07. The number of hydrazone groups is 1. The van der Waals surface area contributed by atoms with E-state index in [9.17, 15) is 0 Å². The molecule has 0 saturated heterocycles. The van der Waals surface area contributed by atoms with E-state index in [-0.39, 0.29) is 0 Å². The van der Waals surface area contributed by atoms with Crippen LogP contribution in [0.25, 0.3) is 0 Å². The summed E-state index contributed by atoms with van der Waals surface area (Å²) in [4.78, 5) is 5.55. The molecule has 94 valence electrons. The number of aryl methyl sites for hydroxylation is 2. The summed E-state index contributed by atoms with van der Waals surface area (Å²) in [5.41, 5.74) is 4.95. The van der Waals surface area contributed by atoms with Gasteiger partial charge in [-0.3, -0.25) is 5.43 Å². The summed E-state index contributed by atoms with van der Waals surface area (Å²) in [5, 5.41) is 4.97. The largest absolute Gasteiger partial charge is 0.497 e. The lowest BCUT2D eigenvalue weighted by molar-refractivity contribution is 0.415. The van der Waals surface area contributed by atoms with E-state index in [2.05, 4.69) is 15.5 Å². The van der Waals surface area contributed by atoms with Gasteiger partial charge in [-0.25, -0.2) is 4.98 Å². The predicted octanol–water partition coefficient (Wildman–Crippen LogP) is 3.21. The van der Waals surface area contributed by atoms with Gasteiger partial charge in [0.15, 0.2) is 0 Å². The zero-order valence-corrected chi connectivity index (χ0v) is 11.4. The van der Waals surface area contributed by atoms with E-state index in [1.807, 2.05) is 38.1 Å². The van der Waals surface area contributed by atoms with Gasteiger partial charge in [0, 0.05) is 4.88 Å². The van der Waals surface area contributed by atoms with Crippen molar-refractivity contribution in [1.82, 2.24) is 4.98 Å². The summed E-state index contributed by atoms with van der Waals surface area (Å²) in [7, 11) is 1.65. The Balaban J connectivity index is 2.02. The molecule has 0 radical (unpaired) electrons. The summed E-state index contributed by atoms with van der Waals surface area (Å²) < 4.78 is 5.15. The number of nitrogens with zero attached hydrogens (tertiary/aromatic N) is 2. The maximum absolute atomic E-state index is 5.15. The number of anilines is 1. The molecule has 1 heterocycles. The summed E-state index contributed by atoms with van der Waals surface area (Å²) in [5.74, 6) is 0.819. The lowest BCUT2D eigenvalue weighted by Crippen LogP contribution is -1.91. The van der Waals surface area contributed by atoms with Crippen LogP contribution in [0.4, 0.5) is 5.13 Å². The van der Waals surface area contributed by atoms with Gasteiger partial charge >= 0.3 is 0 Å². The molecule has 0 fully saturated rings. The van der Waals surface area contributed by atoms with Gasteiger partial charge in [-0.15, -0.1) is 11.3 Å². The predicted molar refractivity (Wildman–Crippen MR) is 75.8 cm³/mol. The molecule has 0 saturated carbocycles. The van der Waals surface area contributed by atoms with E-state index in [4.69, 9.17) is 4.74 Å². The Bertz CT molecular complexity index is 544. The number of hydrogen-bond acceptors (Lipinski definition) is 5. The Kier molecular flexibility index (Phi) is 3.94. The zero-order valence-electron chi connectivity index (χ0n) is 10.6. The molecule has 0 atom stereocenters. The monoisotopic (exact) mass is 261 g/mol. The highest BCUT2D eigenvalue weighted by Crippen LogP contribution is 2.20. The Morgan fingerprint density at radius 1 is 1.39 bits per heavy atom. The van der Waals surface area contributed by atoms with E-state index in [1.165, 1.54) is 4.88 Å². The molecule has 0 aliphatic heterocycles. The second kappa shape index (κ2) is 5.64. The SMILES string of the molecule is COc1cccc(/C=N/Nc2nc(C)c(C)s2)c1. The fourth-order valence-electron chi connectivity index (χ4n) is 1.40. The molecule has 2 aromatic rings. The molecule has 2 rings (SSSR count). The average molecular weight is 261 g/mol. The highest BCUT2D eigenvalue weighted by atomic mass is 32.1. The van der Waals surface area contributed by atoms with E-state index < -0.39 is 0 Å². The molecule has 0 spiro atoms. The van der Waals surface area contributed by atoms with E-state index in [0.29, 0.717) is 0 Å². The maximum Gasteiger partial charge on any atom is 0.203 e. The first-order chi connectivity index (χ1) is 8.69. The molecule has 0 aliphatic carbocycles. The van der Waals surface area contributed by atoms with Crippen LogP contribution in [0.5, 0.6) is 5.75 Å². The Hall–Kier alpha value is -1.88. The van der Waals surface area contributed by atoms with Crippen LogP contribution in [-0.4, -0.2) is 18.3 Å². The number of benzene rings is 1. The summed E-state index contributed by atoms with van der Waals surface area (Å²) >= 11 is 1.60. The molecule has 4 nitrogen and oxygen atoms in total. The number of aromatic nitrogens is 1. The molecular weight excluding hydrogens is 246 g/mol. The smallest absolute Gasteiger partial charge is 0.203 e. The second-order valence-electron chi connectivity index (χ2n) is 3.81. The topological polar surface area (TPSA) is 46.5 Å². The van der Waals surface area contributed by atoms with Gasteiger partial charge in [0.2, 0.25) is 5.13 Å². The molecule has 0 aliphatic rings. The van der Waals surface area contributed by atoms with Crippen LogP contribution in [-0.2, 0) is 0 Å². The Morgan fingerprint density at radius 3 is 2.89 bits per heavy atom. The molecule has 0 bridgehead atoms. The second-order valence-corrected chi connectivity index (χ2v) is 5.01. The number of rotatable bonds is 4. The van der Waals surface area contributed by atoms with Gasteiger partial charge in [0.25, 0.3) is 0 Å². The van der Waals surface area contributed by atoms with Crippen LogP contribution >= 0.6 is 11.3 Å². The van der Waals surface area contributed by atoms with Gasteiger partial charge in [-0.1, -0.05) is 12.1 Å². The van der Waals surface area contributed by atoms with Crippen molar-refractivity contribution in [3.05, 3.63) is 40.4 Å². The number of thiazole rings is 1. The van der Waals surface area contributed by atoms with Gasteiger partial charge in [-0.05, 0) is 31.5 Å². The van der Waals surface area contributed by atoms with Crippen molar-refractivity contribution < 1.29 is 4.74 Å². The zero-order chi connectivity index (χ0) is 13.0. The van der Waals surface area contributed by atoms with E-state index in [0.717, 1.165) is 22.1 Å². The van der Waals surface area contributed by atoms with E-state index >= 15 is 0 Å². The summed E-state index contributed by atoms with van der Waals surface area (Å²) in [6.45, 7) is 4.03. The van der Waals surface area contributed by atoms with Crippen molar-refractivity contribution in [1.29, 1.82) is 0 Å². The first-order valence-electron chi connectivity index (χ1n) is 5.56. The first-order valence-corrected chi connectivity index (χ1v) is 6.38. The van der Waals surface area contributed by atoms with Crippen LogP contribution in [0.3, 0.4) is 0 Å². The number of ether oxygens (including phenoxy) is 1. The molecule has 0 unspecified atom stereocenters. The number of hydrogen-bond donors (Lipinski definition) is 1. The Labute approximate surface area is 110 Å². The average Bonchev–Trinajstić information content (AvgIpc) is 2.69. The quantitative estimate of drug-likeness (QED) is 0.679. The van der Waals surface area contributed by atoms with Crippen LogP contribution in [0, 0.1) is 13.8 Å². The Morgan fingerprint density at radius 2 is 2.22 bits per heavy atom. The number of nitrogens with one attached hydrogen (secondary N) is 1. The van der Waals surface area contributed by atoms with Crippen molar-refractivity contribution in [2.45, 2.75) is 13.8 Å². The third-order valence-corrected chi connectivity index (χ3v) is 3.47. The highest BCUT2D eigenvalue weighted by molar-refractivity contribution is 7.15. The van der Waals surface area contributed by atoms with Crippen LogP contribution in [0.2, 0.25) is 0 Å². The standard InChI is InChI=1S/C13H15N3OS/c1-9-10(2)18-13(15-9)16-14-8-11-5-4-6-12(7-11)17-3/h4-8H,1-3H3,(H,15,16)/b14-8+. The van der Waals surface area contributed by atoms with Crippen LogP contribution in [0.1, 0.15) is 16.1 Å². The van der Waals surface area contributed by atoms with Crippen molar-refractivity contribution in [3.63, 3.8) is 0 Å². The fraction of sp³-hybridized carbons (Fsp3) is 0.231. The number of methoxy groups -OCH3 is 1. The normalized spacial score (nSPS) is 10.8. The molecule has 1 aromatic carbocycles. The molecular formula is C13H15N3OS. The molecule has 5 heteroatoms. The van der Waals surface area contributed by atoms with Crippen molar-refractivity contribution in [2.24, 2.45) is 5.10 Å². The molecule has 18 heavy (non-hydrogen) atoms. The van der Waals surface area contributed by atoms with Gasteiger partial charge in [-0.2, -0.15) is 5.10 Å². The summed E-state index contributed by atoms with van der Waals surface area (Å²) in [6.07, 6.45) is 1.74. The van der Waals surface area contributed by atoms with Crippen molar-refractivity contribution >= 4 is 22.7 Å². The minimum Gasteiger partial charge on any atom is -0.497 e. The lowest BCUT2D eigenvalue weighted by atomic mass is 10.2. The van der Waals surface area contributed by atoms with Crippen molar-refractivity contribution in [2.75, 3.05) is 12.5 Å². The maximum atomic E-state index is 5.15. The molecule has 1 aromatic heterocycles. The van der Waals surface area contributed by atoms with Gasteiger partial charge in [0.05, 0.1) is 19.0 Å². The van der Waals surface area contributed by atoms with Crippen molar-refractivity contribution in [3.8, 4) is 5.75 Å². The van der Waals surface area contributed by atoms with E-state index in [1.54, 1.807) is 24.7 Å². The minimum absolute atomic E-state index is 0.809. The molecule has 0 amide bonds. The lowest BCUT2D eigenvalue weighted by Gasteiger charge is -1.99. The highest BCUT2D eigenvalue weighted by Gasteiger charge is 2.01. The molecule has 1 N–H and O–H groups in total. The van der Waals surface area contributed by atoms with Gasteiger partial charge < -0.3 is 4.74 Å².